The van der Waals surface area contributed by atoms with Gasteiger partial charge in [0.1, 0.15) is 5.82 Å². The predicted molar refractivity (Wildman–Crippen MR) is 91.7 cm³/mol. The molecule has 0 N–H and O–H groups in total. The fourth-order valence-corrected chi connectivity index (χ4v) is 4.72. The van der Waals surface area contributed by atoms with Gasteiger partial charge in [-0.25, -0.2) is 4.98 Å². The van der Waals surface area contributed by atoms with Crippen molar-refractivity contribution in [2.24, 2.45) is 12.5 Å². The largest absolute Gasteiger partial charge is 0.469 e. The molecule has 3 aliphatic carbocycles. The van der Waals surface area contributed by atoms with Gasteiger partial charge in [-0.2, -0.15) is 0 Å². The number of methoxy groups -OCH3 is 1. The molecule has 5 rings (SSSR count). The van der Waals surface area contributed by atoms with Crippen LogP contribution in [0.25, 0.3) is 10.9 Å². The Balaban J connectivity index is 1.88. The summed E-state index contributed by atoms with van der Waals surface area (Å²) in [6.07, 6.45) is 1.96. The summed E-state index contributed by atoms with van der Waals surface area (Å²) in [4.78, 5) is 41.6. The van der Waals surface area contributed by atoms with E-state index in [2.05, 4.69) is 0 Å². The molecule has 0 radical (unpaired) electrons. The van der Waals surface area contributed by atoms with Gasteiger partial charge in [0.2, 0.25) is 0 Å². The molecule has 130 valence electrons. The van der Waals surface area contributed by atoms with E-state index in [1.165, 1.54) is 14.0 Å². The second kappa shape index (κ2) is 4.77. The summed E-state index contributed by atoms with van der Waals surface area (Å²) in [5, 5.41) is 0.464. The van der Waals surface area contributed by atoms with Crippen molar-refractivity contribution in [3.8, 4) is 0 Å². The molecular formula is C19H20N2O4. The number of rotatable bonds is 3. The van der Waals surface area contributed by atoms with E-state index in [0.717, 1.165) is 5.56 Å². The highest BCUT2D eigenvalue weighted by atomic mass is 16.5. The van der Waals surface area contributed by atoms with E-state index in [4.69, 9.17) is 9.72 Å². The highest BCUT2D eigenvalue weighted by Crippen LogP contribution is 2.73. The average molecular weight is 340 g/mol. The van der Waals surface area contributed by atoms with E-state index < -0.39 is 5.41 Å². The summed E-state index contributed by atoms with van der Waals surface area (Å²) < 4.78 is 6.47. The number of ether oxygens (including phenoxy) is 1. The quantitative estimate of drug-likeness (QED) is 0.631. The van der Waals surface area contributed by atoms with Crippen molar-refractivity contribution in [1.29, 1.82) is 0 Å². The number of carbonyl (C=O) groups excluding carboxylic acids is 2. The van der Waals surface area contributed by atoms with E-state index in [1.807, 2.05) is 6.92 Å². The summed E-state index contributed by atoms with van der Waals surface area (Å²) >= 11 is 0. The van der Waals surface area contributed by atoms with Crippen molar-refractivity contribution in [1.82, 2.24) is 9.55 Å². The lowest BCUT2D eigenvalue weighted by Crippen LogP contribution is -2.69. The normalized spacial score (nSPS) is 26.7. The lowest BCUT2D eigenvalue weighted by atomic mass is 9.35. The number of fused-ring (bicyclic) bond motifs is 1. The minimum absolute atomic E-state index is 0.107. The Labute approximate surface area is 144 Å². The van der Waals surface area contributed by atoms with Gasteiger partial charge in [0.15, 0.2) is 5.78 Å². The van der Waals surface area contributed by atoms with Crippen molar-refractivity contribution in [3.63, 3.8) is 0 Å². The Hall–Kier alpha value is -2.50. The maximum absolute atomic E-state index is 12.9. The smallest absolute Gasteiger partial charge is 0.311 e. The van der Waals surface area contributed by atoms with Gasteiger partial charge in [-0.05, 0) is 50.8 Å². The van der Waals surface area contributed by atoms with Crippen LogP contribution in [0.1, 0.15) is 47.9 Å². The molecule has 1 aromatic carbocycles. The minimum Gasteiger partial charge on any atom is -0.469 e. The van der Waals surface area contributed by atoms with Crippen molar-refractivity contribution >= 4 is 22.7 Å². The van der Waals surface area contributed by atoms with Crippen molar-refractivity contribution < 1.29 is 14.3 Å². The highest BCUT2D eigenvalue weighted by Gasteiger charge is 2.74. The van der Waals surface area contributed by atoms with Gasteiger partial charge in [-0.15, -0.1) is 0 Å². The van der Waals surface area contributed by atoms with Crippen LogP contribution in [-0.4, -0.2) is 28.4 Å². The minimum atomic E-state index is -0.405. The molecule has 1 heterocycles. The Kier molecular flexibility index (Phi) is 3.05. The van der Waals surface area contributed by atoms with Gasteiger partial charge < -0.3 is 4.74 Å². The molecule has 2 aromatic rings. The molecule has 6 heteroatoms. The van der Waals surface area contributed by atoms with Crippen LogP contribution in [0.2, 0.25) is 0 Å². The highest BCUT2D eigenvalue weighted by molar-refractivity contribution is 6.05. The van der Waals surface area contributed by atoms with Crippen LogP contribution in [0.3, 0.4) is 0 Å². The SMILES string of the molecule is COC(=O)C12CC(c3nc4c(C(C)=O)cc(C)cc4c(=O)n3C)(C1)C2. The van der Waals surface area contributed by atoms with Gasteiger partial charge in [0.05, 0.1) is 23.4 Å². The number of Topliss-reactive ketones (excluding diaryl/α,β-unsaturated/α-hetero) is 1. The number of carbonyl (C=O) groups is 2. The van der Waals surface area contributed by atoms with E-state index in [0.29, 0.717) is 41.6 Å². The lowest BCUT2D eigenvalue weighted by Gasteiger charge is -2.67. The molecule has 0 unspecified atom stereocenters. The van der Waals surface area contributed by atoms with Gasteiger partial charge >= 0.3 is 5.97 Å². The molecule has 0 aliphatic heterocycles. The summed E-state index contributed by atoms with van der Waals surface area (Å²) in [5.74, 6) is 0.381. The fraction of sp³-hybridized carbons (Fsp3) is 0.474. The van der Waals surface area contributed by atoms with Gasteiger partial charge in [0.25, 0.3) is 5.56 Å². The molecule has 0 amide bonds. The molecule has 0 spiro atoms. The van der Waals surface area contributed by atoms with E-state index >= 15 is 0 Å². The topological polar surface area (TPSA) is 78.3 Å². The lowest BCUT2D eigenvalue weighted by molar-refractivity contribution is -0.200. The molecule has 1 aromatic heterocycles. The number of nitrogens with zero attached hydrogens (tertiary/aromatic N) is 2. The molecule has 2 bridgehead atoms. The number of hydrogen-bond acceptors (Lipinski definition) is 5. The average Bonchev–Trinajstić information content (AvgIpc) is 2.49. The van der Waals surface area contributed by atoms with Crippen molar-refractivity contribution in [2.75, 3.05) is 7.11 Å². The van der Waals surface area contributed by atoms with Crippen molar-refractivity contribution in [2.45, 2.75) is 38.5 Å². The number of hydrogen-bond donors (Lipinski definition) is 0. The molecule has 3 fully saturated rings. The summed E-state index contributed by atoms with van der Waals surface area (Å²) in [7, 11) is 3.12. The standard InChI is InChI=1S/C19H20N2O4/c1-10-5-12(11(2)22)14-13(6-10)15(23)21(3)16(20-14)18-7-19(8-18,9-18)17(24)25-4/h5-6H,7-9H2,1-4H3. The molecular weight excluding hydrogens is 320 g/mol. The fourth-order valence-electron chi connectivity index (χ4n) is 4.72. The Morgan fingerprint density at radius 1 is 1.24 bits per heavy atom. The third kappa shape index (κ3) is 1.91. The number of ketones is 1. The van der Waals surface area contributed by atoms with E-state index in [-0.39, 0.29) is 22.7 Å². The number of aryl methyl sites for hydroxylation is 1. The zero-order valence-electron chi connectivity index (χ0n) is 14.8. The molecule has 0 atom stereocenters. The van der Waals surface area contributed by atoms with E-state index in [1.54, 1.807) is 23.7 Å². The molecule has 0 saturated heterocycles. The molecule has 6 nitrogen and oxygen atoms in total. The first-order chi connectivity index (χ1) is 11.7. The maximum Gasteiger partial charge on any atom is 0.311 e. The van der Waals surface area contributed by atoms with Crippen LogP contribution in [0.15, 0.2) is 16.9 Å². The second-order valence-corrected chi connectivity index (χ2v) is 7.65. The van der Waals surface area contributed by atoms with Crippen LogP contribution in [0.4, 0.5) is 0 Å². The van der Waals surface area contributed by atoms with Crippen molar-refractivity contribution in [3.05, 3.63) is 39.4 Å². The Morgan fingerprint density at radius 3 is 2.44 bits per heavy atom. The first kappa shape index (κ1) is 16.0. The summed E-state index contributed by atoms with van der Waals surface area (Å²) in [6, 6.07) is 3.55. The summed E-state index contributed by atoms with van der Waals surface area (Å²) in [6.45, 7) is 3.35. The van der Waals surface area contributed by atoms with Crippen LogP contribution in [-0.2, 0) is 22.0 Å². The Morgan fingerprint density at radius 2 is 1.88 bits per heavy atom. The predicted octanol–water partition coefficient (Wildman–Crippen LogP) is 2.04. The van der Waals surface area contributed by atoms with Crippen LogP contribution < -0.4 is 5.56 Å². The molecule has 3 aliphatic rings. The third-order valence-electron chi connectivity index (χ3n) is 5.83. The summed E-state index contributed by atoms with van der Waals surface area (Å²) in [5.41, 5.74) is 0.992. The second-order valence-electron chi connectivity index (χ2n) is 7.65. The number of aromatic nitrogens is 2. The van der Waals surface area contributed by atoms with E-state index in [9.17, 15) is 14.4 Å². The van der Waals surface area contributed by atoms with Gasteiger partial charge in [-0.3, -0.25) is 19.0 Å². The third-order valence-corrected chi connectivity index (χ3v) is 5.83. The zero-order valence-corrected chi connectivity index (χ0v) is 14.8. The van der Waals surface area contributed by atoms with Gasteiger partial charge in [0, 0.05) is 18.0 Å². The maximum atomic E-state index is 12.9. The van der Waals surface area contributed by atoms with Crippen LogP contribution >= 0.6 is 0 Å². The first-order valence-corrected chi connectivity index (χ1v) is 8.34. The number of esters is 1. The zero-order chi connectivity index (χ0) is 18.1. The van der Waals surface area contributed by atoms with Gasteiger partial charge in [-0.1, -0.05) is 0 Å². The Bertz CT molecular complexity index is 998. The number of benzene rings is 1. The first-order valence-electron chi connectivity index (χ1n) is 8.34. The van der Waals surface area contributed by atoms with Crippen LogP contribution in [0.5, 0.6) is 0 Å². The molecule has 25 heavy (non-hydrogen) atoms. The molecule has 3 saturated carbocycles. The van der Waals surface area contributed by atoms with Crippen LogP contribution in [0, 0.1) is 12.3 Å². The monoisotopic (exact) mass is 340 g/mol.